The van der Waals surface area contributed by atoms with Crippen molar-refractivity contribution < 1.29 is 9.32 Å². The van der Waals surface area contributed by atoms with Crippen molar-refractivity contribution in [2.45, 2.75) is 32.1 Å². The molecule has 0 radical (unpaired) electrons. The molecule has 98 valence electrons. The van der Waals surface area contributed by atoms with E-state index in [1.54, 1.807) is 0 Å². The van der Waals surface area contributed by atoms with E-state index < -0.39 is 0 Å². The Balaban J connectivity index is 1.90. The van der Waals surface area contributed by atoms with Crippen LogP contribution in [0.5, 0.6) is 0 Å². The summed E-state index contributed by atoms with van der Waals surface area (Å²) in [5.41, 5.74) is 2.62. The number of carbonyl (C=O) groups excluding carboxylic acids is 1. The van der Waals surface area contributed by atoms with E-state index in [1.807, 2.05) is 25.1 Å². The molecule has 1 aromatic carbocycles. The molecule has 5 heteroatoms. The average molecular weight is 257 g/mol. The first-order valence-electron chi connectivity index (χ1n) is 6.43. The van der Waals surface area contributed by atoms with Gasteiger partial charge in [0.25, 0.3) is 0 Å². The minimum Gasteiger partial charge on any atom is -0.339 e. The molecular weight excluding hydrogens is 242 g/mol. The van der Waals surface area contributed by atoms with Crippen LogP contribution in [0.25, 0.3) is 11.4 Å². The largest absolute Gasteiger partial charge is 0.339 e. The highest BCUT2D eigenvalue weighted by Crippen LogP contribution is 2.36. The van der Waals surface area contributed by atoms with Gasteiger partial charge < -0.3 is 9.84 Å². The molecule has 0 unspecified atom stereocenters. The molecular formula is C14H15N3O2. The fourth-order valence-corrected chi connectivity index (χ4v) is 2.15. The number of aryl methyl sites for hydroxylation is 1. The first-order valence-corrected chi connectivity index (χ1v) is 6.43. The van der Waals surface area contributed by atoms with Crippen LogP contribution in [0.4, 0.5) is 5.69 Å². The Morgan fingerprint density at radius 1 is 1.42 bits per heavy atom. The second-order valence-electron chi connectivity index (χ2n) is 4.88. The van der Waals surface area contributed by atoms with Gasteiger partial charge >= 0.3 is 0 Å². The second kappa shape index (κ2) is 4.84. The topological polar surface area (TPSA) is 68.0 Å². The molecule has 0 atom stereocenters. The van der Waals surface area contributed by atoms with Crippen molar-refractivity contribution in [3.05, 3.63) is 29.7 Å². The van der Waals surface area contributed by atoms with E-state index in [-0.39, 0.29) is 0 Å². The standard InChI is InChI=1S/C14H15N3O2/c1-9-5-6-11(7-12(9)15-8-18)13-16-14(19-17-13)10-3-2-4-10/h5-8,10H,2-4H2,1H3,(H,15,18). The minimum atomic E-state index is 0.430. The van der Waals surface area contributed by atoms with Gasteiger partial charge in [-0.15, -0.1) is 0 Å². The van der Waals surface area contributed by atoms with E-state index in [0.29, 0.717) is 18.2 Å². The van der Waals surface area contributed by atoms with Crippen LogP contribution in [0.3, 0.4) is 0 Å². The van der Waals surface area contributed by atoms with Crippen molar-refractivity contribution >= 4 is 12.1 Å². The minimum absolute atomic E-state index is 0.430. The zero-order valence-electron chi connectivity index (χ0n) is 10.7. The van der Waals surface area contributed by atoms with Crippen LogP contribution in [-0.2, 0) is 4.79 Å². The number of rotatable bonds is 4. The number of benzene rings is 1. The van der Waals surface area contributed by atoms with E-state index in [4.69, 9.17) is 4.52 Å². The van der Waals surface area contributed by atoms with Gasteiger partial charge in [0.1, 0.15) is 0 Å². The molecule has 5 nitrogen and oxygen atoms in total. The maximum Gasteiger partial charge on any atom is 0.230 e. The summed E-state index contributed by atoms with van der Waals surface area (Å²) in [4.78, 5) is 15.0. The number of carbonyl (C=O) groups is 1. The third-order valence-electron chi connectivity index (χ3n) is 3.61. The monoisotopic (exact) mass is 257 g/mol. The van der Waals surface area contributed by atoms with Crippen LogP contribution in [0.15, 0.2) is 22.7 Å². The first-order chi connectivity index (χ1) is 9.28. The number of hydrogen-bond donors (Lipinski definition) is 1. The van der Waals surface area contributed by atoms with Crippen molar-refractivity contribution in [2.24, 2.45) is 0 Å². The summed E-state index contributed by atoms with van der Waals surface area (Å²) >= 11 is 0. The molecule has 1 fully saturated rings. The molecule has 1 N–H and O–H groups in total. The number of aromatic nitrogens is 2. The van der Waals surface area contributed by atoms with Crippen LogP contribution in [0.2, 0.25) is 0 Å². The van der Waals surface area contributed by atoms with E-state index >= 15 is 0 Å². The smallest absolute Gasteiger partial charge is 0.230 e. The molecule has 1 aliphatic rings. The Labute approximate surface area is 111 Å². The highest BCUT2D eigenvalue weighted by Gasteiger charge is 2.25. The highest BCUT2D eigenvalue weighted by molar-refractivity contribution is 5.76. The lowest BCUT2D eigenvalue weighted by molar-refractivity contribution is -0.105. The number of amides is 1. The van der Waals surface area contributed by atoms with Crippen molar-refractivity contribution in [3.8, 4) is 11.4 Å². The third-order valence-corrected chi connectivity index (χ3v) is 3.61. The predicted molar refractivity (Wildman–Crippen MR) is 70.7 cm³/mol. The SMILES string of the molecule is Cc1ccc(-c2noc(C3CCC3)n2)cc1NC=O. The Morgan fingerprint density at radius 2 is 2.26 bits per heavy atom. The number of anilines is 1. The van der Waals surface area contributed by atoms with Gasteiger partial charge in [-0.1, -0.05) is 23.7 Å². The summed E-state index contributed by atoms with van der Waals surface area (Å²) in [5, 5.41) is 6.69. The van der Waals surface area contributed by atoms with Crippen molar-refractivity contribution in [3.63, 3.8) is 0 Å². The second-order valence-corrected chi connectivity index (χ2v) is 4.88. The summed E-state index contributed by atoms with van der Waals surface area (Å²) in [6, 6.07) is 5.72. The van der Waals surface area contributed by atoms with Gasteiger partial charge in [-0.3, -0.25) is 4.79 Å². The molecule has 1 aliphatic carbocycles. The molecule has 2 aromatic rings. The Kier molecular flexibility index (Phi) is 3.03. The van der Waals surface area contributed by atoms with Gasteiger partial charge in [0, 0.05) is 17.2 Å². The Morgan fingerprint density at radius 3 is 2.95 bits per heavy atom. The molecule has 1 saturated carbocycles. The molecule has 0 spiro atoms. The molecule has 0 aliphatic heterocycles. The lowest BCUT2D eigenvalue weighted by Gasteiger charge is -2.20. The predicted octanol–water partition coefficient (Wildman–Crippen LogP) is 2.88. The van der Waals surface area contributed by atoms with Crippen LogP contribution in [0.1, 0.15) is 36.6 Å². The zero-order valence-corrected chi connectivity index (χ0v) is 10.7. The summed E-state index contributed by atoms with van der Waals surface area (Å²) in [5.74, 6) is 1.74. The summed E-state index contributed by atoms with van der Waals surface area (Å²) in [7, 11) is 0. The number of hydrogen-bond acceptors (Lipinski definition) is 4. The van der Waals surface area contributed by atoms with E-state index in [1.165, 1.54) is 6.42 Å². The maximum atomic E-state index is 10.6. The van der Waals surface area contributed by atoms with Gasteiger partial charge in [0.15, 0.2) is 0 Å². The molecule has 0 bridgehead atoms. The summed E-state index contributed by atoms with van der Waals surface area (Å²) < 4.78 is 5.30. The lowest BCUT2D eigenvalue weighted by atomic mass is 9.85. The third kappa shape index (κ3) is 2.23. The van der Waals surface area contributed by atoms with Gasteiger partial charge in [-0.05, 0) is 31.4 Å². The quantitative estimate of drug-likeness (QED) is 0.855. The Bertz CT molecular complexity index is 602. The molecule has 0 saturated heterocycles. The molecule has 1 aromatic heterocycles. The van der Waals surface area contributed by atoms with Crippen LogP contribution in [0, 0.1) is 6.92 Å². The van der Waals surface area contributed by atoms with Crippen LogP contribution in [-0.4, -0.2) is 16.6 Å². The van der Waals surface area contributed by atoms with Crippen molar-refractivity contribution in [1.82, 2.24) is 10.1 Å². The fraction of sp³-hybridized carbons (Fsp3) is 0.357. The molecule has 19 heavy (non-hydrogen) atoms. The van der Waals surface area contributed by atoms with E-state index in [0.717, 1.165) is 35.5 Å². The van der Waals surface area contributed by atoms with Crippen molar-refractivity contribution in [1.29, 1.82) is 0 Å². The van der Waals surface area contributed by atoms with Crippen LogP contribution < -0.4 is 5.32 Å². The first kappa shape index (κ1) is 11.9. The molecule has 1 amide bonds. The van der Waals surface area contributed by atoms with E-state index in [2.05, 4.69) is 15.5 Å². The highest BCUT2D eigenvalue weighted by atomic mass is 16.5. The molecule has 3 rings (SSSR count). The van der Waals surface area contributed by atoms with Crippen LogP contribution >= 0.6 is 0 Å². The lowest BCUT2D eigenvalue weighted by Crippen LogP contribution is -2.08. The zero-order chi connectivity index (χ0) is 13.2. The summed E-state index contributed by atoms with van der Waals surface area (Å²) in [6.45, 7) is 1.94. The summed E-state index contributed by atoms with van der Waals surface area (Å²) in [6.07, 6.45) is 4.17. The average Bonchev–Trinajstić information content (AvgIpc) is 2.79. The Hall–Kier alpha value is -2.17. The molecule has 1 heterocycles. The van der Waals surface area contributed by atoms with Gasteiger partial charge in [0.2, 0.25) is 18.1 Å². The maximum absolute atomic E-state index is 10.6. The fourth-order valence-electron chi connectivity index (χ4n) is 2.15. The van der Waals surface area contributed by atoms with Gasteiger partial charge in [-0.25, -0.2) is 0 Å². The van der Waals surface area contributed by atoms with E-state index in [9.17, 15) is 4.79 Å². The number of nitrogens with zero attached hydrogens (tertiary/aromatic N) is 2. The van der Waals surface area contributed by atoms with Crippen molar-refractivity contribution in [2.75, 3.05) is 5.32 Å². The normalized spacial score (nSPS) is 15.0. The number of nitrogens with one attached hydrogen (secondary N) is 1. The van der Waals surface area contributed by atoms with Gasteiger partial charge in [-0.2, -0.15) is 4.98 Å². The van der Waals surface area contributed by atoms with Gasteiger partial charge in [0.05, 0.1) is 0 Å².